The summed E-state index contributed by atoms with van der Waals surface area (Å²) < 4.78 is 2.07. The van der Waals surface area contributed by atoms with E-state index in [4.69, 9.17) is 0 Å². The third-order valence-corrected chi connectivity index (χ3v) is 4.20. The minimum Gasteiger partial charge on any atom is -0.314 e. The molecule has 1 fully saturated rings. The van der Waals surface area contributed by atoms with Gasteiger partial charge in [-0.3, -0.25) is 0 Å². The van der Waals surface area contributed by atoms with E-state index in [1.165, 1.54) is 45.3 Å². The van der Waals surface area contributed by atoms with Crippen molar-refractivity contribution in [3.8, 4) is 0 Å². The van der Waals surface area contributed by atoms with Crippen LogP contribution in [0.4, 0.5) is 0 Å². The highest BCUT2D eigenvalue weighted by molar-refractivity contribution is 4.93. The molecule has 20 heavy (non-hydrogen) atoms. The lowest BCUT2D eigenvalue weighted by atomic mass is 10.0. The summed E-state index contributed by atoms with van der Waals surface area (Å²) in [6, 6.07) is 0.533. The largest absolute Gasteiger partial charge is 0.314 e. The molecule has 0 amide bonds. The minimum absolute atomic E-state index is 0.533. The van der Waals surface area contributed by atoms with Gasteiger partial charge in [0.25, 0.3) is 0 Å². The third kappa shape index (κ3) is 4.28. The normalized spacial score (nSPS) is 19.4. The first kappa shape index (κ1) is 15.4. The first-order valence-electron chi connectivity index (χ1n) is 8.00. The second-order valence-corrected chi connectivity index (χ2v) is 6.15. The van der Waals surface area contributed by atoms with Gasteiger partial charge in [0.05, 0.1) is 17.9 Å². The third-order valence-electron chi connectivity index (χ3n) is 4.20. The average molecular weight is 279 g/mol. The van der Waals surface area contributed by atoms with Gasteiger partial charge in [0, 0.05) is 26.2 Å². The van der Waals surface area contributed by atoms with Gasteiger partial charge in [-0.15, -0.1) is 5.10 Å². The Morgan fingerprint density at radius 1 is 1.40 bits per heavy atom. The van der Waals surface area contributed by atoms with Gasteiger partial charge < -0.3 is 10.2 Å². The van der Waals surface area contributed by atoms with Gasteiger partial charge in [-0.05, 0) is 32.2 Å². The van der Waals surface area contributed by atoms with Gasteiger partial charge in [0.1, 0.15) is 0 Å². The zero-order chi connectivity index (χ0) is 14.4. The van der Waals surface area contributed by atoms with E-state index in [1.54, 1.807) is 0 Å². The van der Waals surface area contributed by atoms with E-state index < -0.39 is 0 Å². The van der Waals surface area contributed by atoms with Crippen molar-refractivity contribution in [2.45, 2.75) is 52.1 Å². The van der Waals surface area contributed by atoms with Crippen LogP contribution in [0.5, 0.6) is 0 Å². The van der Waals surface area contributed by atoms with Crippen LogP contribution in [-0.4, -0.2) is 46.6 Å². The van der Waals surface area contributed by atoms with E-state index >= 15 is 0 Å². The molecule has 1 aromatic heterocycles. The molecule has 2 heterocycles. The van der Waals surface area contributed by atoms with E-state index in [0.717, 1.165) is 18.2 Å². The van der Waals surface area contributed by atoms with E-state index in [2.05, 4.69) is 45.3 Å². The predicted molar refractivity (Wildman–Crippen MR) is 81.6 cm³/mol. The summed E-state index contributed by atoms with van der Waals surface area (Å²) >= 11 is 0. The molecule has 1 atom stereocenters. The van der Waals surface area contributed by atoms with Crippen LogP contribution in [0.25, 0.3) is 0 Å². The number of nitrogens with one attached hydrogen (secondary N) is 1. The average Bonchev–Trinajstić information content (AvgIpc) is 2.89. The highest BCUT2D eigenvalue weighted by Crippen LogP contribution is 2.22. The van der Waals surface area contributed by atoms with Crippen LogP contribution >= 0.6 is 0 Å². The van der Waals surface area contributed by atoms with Crippen molar-refractivity contribution in [2.24, 2.45) is 5.92 Å². The fraction of sp³-hybridized carbons (Fsp3) is 0.867. The minimum atomic E-state index is 0.533. The van der Waals surface area contributed by atoms with Crippen molar-refractivity contribution in [1.82, 2.24) is 25.2 Å². The SMILES string of the molecule is CCCC(C)CN1CCC(n2cc(CNC)nn2)CC1. The Morgan fingerprint density at radius 2 is 2.15 bits per heavy atom. The Balaban J connectivity index is 1.78. The van der Waals surface area contributed by atoms with Gasteiger partial charge in [-0.2, -0.15) is 0 Å². The molecule has 2 rings (SSSR count). The molecule has 1 aliphatic heterocycles. The van der Waals surface area contributed by atoms with E-state index in [1.807, 2.05) is 7.05 Å². The van der Waals surface area contributed by atoms with Gasteiger partial charge in [-0.1, -0.05) is 25.5 Å². The fourth-order valence-electron chi connectivity index (χ4n) is 3.15. The number of aromatic nitrogens is 3. The summed E-state index contributed by atoms with van der Waals surface area (Å²) in [7, 11) is 1.94. The van der Waals surface area contributed by atoms with Gasteiger partial charge in [-0.25, -0.2) is 4.68 Å². The Hall–Kier alpha value is -0.940. The molecule has 0 aliphatic carbocycles. The molecule has 0 bridgehead atoms. The molecule has 5 heteroatoms. The number of hydrogen-bond acceptors (Lipinski definition) is 4. The molecule has 0 saturated carbocycles. The van der Waals surface area contributed by atoms with Crippen molar-refractivity contribution in [3.05, 3.63) is 11.9 Å². The van der Waals surface area contributed by atoms with Crippen molar-refractivity contribution >= 4 is 0 Å². The van der Waals surface area contributed by atoms with Crippen LogP contribution in [-0.2, 0) is 6.54 Å². The Labute approximate surface area is 122 Å². The molecule has 1 unspecified atom stereocenters. The number of rotatable bonds is 7. The van der Waals surface area contributed by atoms with Crippen LogP contribution in [0.1, 0.15) is 51.3 Å². The van der Waals surface area contributed by atoms with Crippen LogP contribution in [0, 0.1) is 5.92 Å². The number of piperidine rings is 1. The summed E-state index contributed by atoms with van der Waals surface area (Å²) in [5, 5.41) is 11.6. The van der Waals surface area contributed by atoms with Gasteiger partial charge in [0.15, 0.2) is 0 Å². The molecule has 1 saturated heterocycles. The molecule has 0 spiro atoms. The first-order chi connectivity index (χ1) is 9.72. The Bertz CT molecular complexity index is 381. The monoisotopic (exact) mass is 279 g/mol. The molecular weight excluding hydrogens is 250 g/mol. The smallest absolute Gasteiger partial charge is 0.0964 e. The lowest BCUT2D eigenvalue weighted by Crippen LogP contribution is -2.37. The zero-order valence-electron chi connectivity index (χ0n) is 13.2. The second-order valence-electron chi connectivity index (χ2n) is 6.15. The highest BCUT2D eigenvalue weighted by atomic mass is 15.4. The van der Waals surface area contributed by atoms with E-state index in [-0.39, 0.29) is 0 Å². The van der Waals surface area contributed by atoms with Crippen molar-refractivity contribution in [1.29, 1.82) is 0 Å². The molecule has 5 nitrogen and oxygen atoms in total. The standard InChI is InChI=1S/C15H29N5/c1-4-5-13(2)11-19-8-6-15(7-9-19)20-12-14(10-16-3)17-18-20/h12-13,15-16H,4-11H2,1-3H3. The van der Waals surface area contributed by atoms with Crippen molar-refractivity contribution in [3.63, 3.8) is 0 Å². The van der Waals surface area contributed by atoms with E-state index in [9.17, 15) is 0 Å². The molecule has 0 aromatic carbocycles. The molecule has 1 N–H and O–H groups in total. The van der Waals surface area contributed by atoms with Crippen LogP contribution < -0.4 is 5.32 Å². The Kier molecular flexibility index (Phi) is 5.98. The number of hydrogen-bond donors (Lipinski definition) is 1. The summed E-state index contributed by atoms with van der Waals surface area (Å²) in [4.78, 5) is 2.61. The summed E-state index contributed by atoms with van der Waals surface area (Å²) in [5.41, 5.74) is 1.03. The van der Waals surface area contributed by atoms with Crippen LogP contribution in [0.2, 0.25) is 0 Å². The maximum Gasteiger partial charge on any atom is 0.0964 e. The lowest BCUT2D eigenvalue weighted by Gasteiger charge is -2.33. The molecule has 0 radical (unpaired) electrons. The molecular formula is C15H29N5. The van der Waals surface area contributed by atoms with Gasteiger partial charge >= 0.3 is 0 Å². The summed E-state index contributed by atoms with van der Waals surface area (Å²) in [6.45, 7) is 9.09. The van der Waals surface area contributed by atoms with Crippen molar-refractivity contribution in [2.75, 3.05) is 26.7 Å². The number of likely N-dealkylation sites (tertiary alicyclic amines) is 1. The summed E-state index contributed by atoms with van der Waals surface area (Å²) in [5.74, 6) is 0.824. The fourth-order valence-corrected chi connectivity index (χ4v) is 3.15. The maximum atomic E-state index is 4.28. The highest BCUT2D eigenvalue weighted by Gasteiger charge is 2.22. The second kappa shape index (κ2) is 7.74. The molecule has 114 valence electrons. The van der Waals surface area contributed by atoms with Crippen LogP contribution in [0.3, 0.4) is 0 Å². The lowest BCUT2D eigenvalue weighted by molar-refractivity contribution is 0.157. The zero-order valence-corrected chi connectivity index (χ0v) is 13.2. The molecule has 1 aromatic rings. The topological polar surface area (TPSA) is 46.0 Å². The van der Waals surface area contributed by atoms with E-state index in [0.29, 0.717) is 6.04 Å². The van der Waals surface area contributed by atoms with Crippen molar-refractivity contribution < 1.29 is 0 Å². The van der Waals surface area contributed by atoms with Crippen LogP contribution in [0.15, 0.2) is 6.20 Å². The predicted octanol–water partition coefficient (Wildman–Crippen LogP) is 2.07. The maximum absolute atomic E-state index is 4.28. The number of nitrogens with zero attached hydrogens (tertiary/aromatic N) is 4. The summed E-state index contributed by atoms with van der Waals surface area (Å²) in [6.07, 6.45) is 7.13. The Morgan fingerprint density at radius 3 is 2.80 bits per heavy atom. The quantitative estimate of drug-likeness (QED) is 0.830. The first-order valence-corrected chi connectivity index (χ1v) is 8.00. The molecule has 1 aliphatic rings. The van der Waals surface area contributed by atoms with Gasteiger partial charge in [0.2, 0.25) is 0 Å².